The second-order valence-electron chi connectivity index (χ2n) is 6.21. The monoisotopic (exact) mass is 332 g/mol. The topological polar surface area (TPSA) is 50.2 Å². The number of carbonyl (C=O) groups excluding carboxylic acids is 1. The summed E-state index contributed by atoms with van der Waals surface area (Å²) in [6.07, 6.45) is -1.69. The fraction of sp³-hybridized carbons (Fsp3) is 0.733. The lowest BCUT2D eigenvalue weighted by molar-refractivity contribution is -0.141. The van der Waals surface area contributed by atoms with E-state index in [2.05, 4.69) is 10.4 Å². The van der Waals surface area contributed by atoms with Gasteiger partial charge in [-0.05, 0) is 46.0 Å². The molecule has 1 amide bonds. The minimum atomic E-state index is -4.44. The van der Waals surface area contributed by atoms with E-state index < -0.39 is 11.9 Å². The summed E-state index contributed by atoms with van der Waals surface area (Å²) >= 11 is 0. The van der Waals surface area contributed by atoms with Crippen molar-refractivity contribution in [3.8, 4) is 0 Å². The largest absolute Gasteiger partial charge is 0.435 e. The van der Waals surface area contributed by atoms with E-state index in [1.807, 2.05) is 19.0 Å². The SMILES string of the molecule is CN(C)CCCNC(=O)CCn1nc(C(F)(F)F)cc1C1CC1. The number of amides is 1. The third-order valence-corrected chi connectivity index (χ3v) is 3.75. The zero-order valence-corrected chi connectivity index (χ0v) is 13.5. The third kappa shape index (κ3) is 5.53. The smallest absolute Gasteiger partial charge is 0.356 e. The Morgan fingerprint density at radius 3 is 2.70 bits per heavy atom. The molecule has 0 unspecified atom stereocenters. The molecule has 130 valence electrons. The molecule has 1 heterocycles. The van der Waals surface area contributed by atoms with Crippen molar-refractivity contribution in [1.29, 1.82) is 0 Å². The van der Waals surface area contributed by atoms with Crippen molar-refractivity contribution in [2.75, 3.05) is 27.2 Å². The van der Waals surface area contributed by atoms with E-state index in [0.29, 0.717) is 12.2 Å². The molecule has 1 aromatic heterocycles. The minimum Gasteiger partial charge on any atom is -0.356 e. The minimum absolute atomic E-state index is 0.140. The highest BCUT2D eigenvalue weighted by atomic mass is 19.4. The molecule has 0 aliphatic heterocycles. The van der Waals surface area contributed by atoms with Gasteiger partial charge in [-0.2, -0.15) is 18.3 Å². The lowest BCUT2D eigenvalue weighted by Gasteiger charge is -2.10. The van der Waals surface area contributed by atoms with Gasteiger partial charge < -0.3 is 10.2 Å². The Bertz CT molecular complexity index is 535. The van der Waals surface area contributed by atoms with Crippen LogP contribution in [0.4, 0.5) is 13.2 Å². The maximum atomic E-state index is 12.8. The van der Waals surface area contributed by atoms with Gasteiger partial charge in [0.25, 0.3) is 0 Å². The molecule has 1 aliphatic rings. The van der Waals surface area contributed by atoms with E-state index >= 15 is 0 Å². The van der Waals surface area contributed by atoms with Crippen LogP contribution in [0.5, 0.6) is 0 Å². The summed E-state index contributed by atoms with van der Waals surface area (Å²) in [7, 11) is 3.91. The first-order valence-electron chi connectivity index (χ1n) is 7.83. The molecule has 1 N–H and O–H groups in total. The average molecular weight is 332 g/mol. The second kappa shape index (κ2) is 7.33. The first-order chi connectivity index (χ1) is 10.8. The highest BCUT2D eigenvalue weighted by Crippen LogP contribution is 2.42. The number of hydrogen-bond acceptors (Lipinski definition) is 3. The summed E-state index contributed by atoms with van der Waals surface area (Å²) in [6, 6.07) is 1.12. The van der Waals surface area contributed by atoms with Gasteiger partial charge in [-0.25, -0.2) is 0 Å². The number of alkyl halides is 3. The van der Waals surface area contributed by atoms with Crippen LogP contribution in [0.3, 0.4) is 0 Å². The standard InChI is InChI=1S/C15H23F3N4O/c1-21(2)8-3-7-19-14(23)6-9-22-12(11-4-5-11)10-13(20-22)15(16,17)18/h10-11H,3-9H2,1-2H3,(H,19,23). The number of carbonyl (C=O) groups is 1. The Balaban J connectivity index is 1.85. The molecule has 0 aromatic carbocycles. The Labute approximate surface area is 133 Å². The normalized spacial score (nSPS) is 15.2. The molecule has 0 bridgehead atoms. The van der Waals surface area contributed by atoms with E-state index in [1.165, 1.54) is 4.68 Å². The lowest BCUT2D eigenvalue weighted by atomic mass is 10.2. The van der Waals surface area contributed by atoms with Crippen molar-refractivity contribution in [2.45, 2.75) is 44.3 Å². The molecule has 0 radical (unpaired) electrons. The van der Waals surface area contributed by atoms with Crippen LogP contribution in [0.1, 0.15) is 43.0 Å². The summed E-state index contributed by atoms with van der Waals surface area (Å²) in [4.78, 5) is 13.8. The number of nitrogens with zero attached hydrogens (tertiary/aromatic N) is 3. The van der Waals surface area contributed by atoms with Gasteiger partial charge in [-0.1, -0.05) is 0 Å². The van der Waals surface area contributed by atoms with Crippen LogP contribution >= 0.6 is 0 Å². The first kappa shape index (κ1) is 17.8. The van der Waals surface area contributed by atoms with Crippen LogP contribution < -0.4 is 5.32 Å². The molecule has 1 saturated carbocycles. The lowest BCUT2D eigenvalue weighted by Crippen LogP contribution is -2.28. The quantitative estimate of drug-likeness (QED) is 0.743. The van der Waals surface area contributed by atoms with Gasteiger partial charge in [-0.15, -0.1) is 0 Å². The third-order valence-electron chi connectivity index (χ3n) is 3.75. The Hall–Kier alpha value is -1.57. The van der Waals surface area contributed by atoms with Crippen molar-refractivity contribution >= 4 is 5.91 Å². The molecule has 2 rings (SSSR count). The number of hydrogen-bond donors (Lipinski definition) is 1. The van der Waals surface area contributed by atoms with E-state index in [9.17, 15) is 18.0 Å². The molecule has 1 fully saturated rings. The molecule has 23 heavy (non-hydrogen) atoms. The van der Waals surface area contributed by atoms with Gasteiger partial charge in [0, 0.05) is 31.1 Å². The fourth-order valence-electron chi connectivity index (χ4n) is 2.38. The molecule has 8 heteroatoms. The van der Waals surface area contributed by atoms with Crippen molar-refractivity contribution < 1.29 is 18.0 Å². The van der Waals surface area contributed by atoms with Crippen LogP contribution in [0.15, 0.2) is 6.07 Å². The van der Waals surface area contributed by atoms with Crippen LogP contribution in [-0.4, -0.2) is 47.8 Å². The van der Waals surface area contributed by atoms with Gasteiger partial charge in [-0.3, -0.25) is 9.48 Å². The molecule has 0 saturated heterocycles. The molecule has 1 aliphatic carbocycles. The summed E-state index contributed by atoms with van der Waals surface area (Å²) < 4.78 is 39.7. The van der Waals surface area contributed by atoms with Crippen molar-refractivity contribution in [1.82, 2.24) is 20.0 Å². The van der Waals surface area contributed by atoms with Crippen LogP contribution in [0.2, 0.25) is 0 Å². The molecular weight excluding hydrogens is 309 g/mol. The Morgan fingerprint density at radius 2 is 2.13 bits per heavy atom. The van der Waals surface area contributed by atoms with E-state index in [-0.39, 0.29) is 24.8 Å². The van der Waals surface area contributed by atoms with E-state index in [0.717, 1.165) is 31.9 Å². The number of aromatic nitrogens is 2. The summed E-state index contributed by atoms with van der Waals surface area (Å²) in [5, 5.41) is 6.42. The summed E-state index contributed by atoms with van der Waals surface area (Å²) in [6.45, 7) is 1.63. The van der Waals surface area contributed by atoms with E-state index in [1.54, 1.807) is 0 Å². The van der Waals surface area contributed by atoms with Gasteiger partial charge in [0.15, 0.2) is 5.69 Å². The zero-order valence-electron chi connectivity index (χ0n) is 13.5. The van der Waals surface area contributed by atoms with E-state index in [4.69, 9.17) is 0 Å². The predicted molar refractivity (Wildman–Crippen MR) is 80.0 cm³/mol. The van der Waals surface area contributed by atoms with Crippen molar-refractivity contribution in [2.24, 2.45) is 0 Å². The molecule has 0 spiro atoms. The number of aryl methyl sites for hydroxylation is 1. The van der Waals surface area contributed by atoms with Gasteiger partial charge in [0.05, 0.1) is 0 Å². The first-order valence-corrected chi connectivity index (χ1v) is 7.83. The second-order valence-corrected chi connectivity index (χ2v) is 6.21. The summed E-state index contributed by atoms with van der Waals surface area (Å²) in [5.74, 6) is -0.00341. The average Bonchev–Trinajstić information content (AvgIpc) is 3.19. The maximum Gasteiger partial charge on any atom is 0.435 e. The van der Waals surface area contributed by atoms with Gasteiger partial charge in [0.2, 0.25) is 5.91 Å². The van der Waals surface area contributed by atoms with Gasteiger partial charge in [0.1, 0.15) is 0 Å². The Kier molecular flexibility index (Phi) is 5.67. The van der Waals surface area contributed by atoms with Crippen molar-refractivity contribution in [3.63, 3.8) is 0 Å². The van der Waals surface area contributed by atoms with Crippen LogP contribution in [-0.2, 0) is 17.5 Å². The number of nitrogens with one attached hydrogen (secondary N) is 1. The number of rotatable bonds is 8. The highest BCUT2D eigenvalue weighted by molar-refractivity contribution is 5.75. The maximum absolute atomic E-state index is 12.8. The predicted octanol–water partition coefficient (Wildman–Crippen LogP) is 2.24. The Morgan fingerprint density at radius 1 is 1.43 bits per heavy atom. The van der Waals surface area contributed by atoms with Crippen molar-refractivity contribution in [3.05, 3.63) is 17.5 Å². The fourth-order valence-corrected chi connectivity index (χ4v) is 2.38. The summed E-state index contributed by atoms with van der Waals surface area (Å²) in [5.41, 5.74) is -0.275. The zero-order chi connectivity index (χ0) is 17.0. The van der Waals surface area contributed by atoms with Crippen LogP contribution in [0, 0.1) is 0 Å². The highest BCUT2D eigenvalue weighted by Gasteiger charge is 2.37. The van der Waals surface area contributed by atoms with Gasteiger partial charge >= 0.3 is 6.18 Å². The molecule has 5 nitrogen and oxygen atoms in total. The molecule has 1 aromatic rings. The molecular formula is C15H23F3N4O. The van der Waals surface area contributed by atoms with Crippen LogP contribution in [0.25, 0.3) is 0 Å². The number of halogens is 3. The molecule has 0 atom stereocenters.